The quantitative estimate of drug-likeness (QED) is 0.752. The van der Waals surface area contributed by atoms with Crippen molar-refractivity contribution in [1.82, 2.24) is 0 Å². The minimum atomic E-state index is -0.113. The Morgan fingerprint density at radius 3 is 2.95 bits per heavy atom. The zero-order chi connectivity index (χ0) is 15.9. The minimum absolute atomic E-state index is 0.113. The number of halogens is 1. The van der Waals surface area contributed by atoms with Crippen LogP contribution in [-0.4, -0.2) is 19.0 Å². The number of rotatable bonds is 7. The molecule has 1 unspecified atom stereocenters. The molecular formula is C15H15ClN3OS2+. The van der Waals surface area contributed by atoms with E-state index in [9.17, 15) is 4.79 Å². The topological polar surface area (TPSA) is 57.3 Å². The Kier molecular flexibility index (Phi) is 6.16. The van der Waals surface area contributed by atoms with Gasteiger partial charge in [0, 0.05) is 0 Å². The van der Waals surface area contributed by atoms with Gasteiger partial charge in [0.1, 0.15) is 17.6 Å². The largest absolute Gasteiger partial charge is 0.319 e. The fraction of sp³-hybridized carbons (Fsp3) is 0.200. The summed E-state index contributed by atoms with van der Waals surface area (Å²) >= 11 is 8.80. The number of nitrogens with zero attached hydrogens (tertiary/aromatic N) is 1. The van der Waals surface area contributed by atoms with E-state index in [0.29, 0.717) is 30.2 Å². The van der Waals surface area contributed by atoms with Gasteiger partial charge in [0.25, 0.3) is 5.91 Å². The van der Waals surface area contributed by atoms with Crippen LogP contribution in [0.4, 0.5) is 5.00 Å². The van der Waals surface area contributed by atoms with Crippen LogP contribution in [0.1, 0.15) is 10.4 Å². The van der Waals surface area contributed by atoms with Crippen LogP contribution in [0.3, 0.4) is 0 Å². The molecule has 1 amide bonds. The average molecular weight is 353 g/mol. The molecule has 0 saturated heterocycles. The number of carbonyl (C=O) groups is 1. The molecule has 0 aliphatic carbocycles. The van der Waals surface area contributed by atoms with Gasteiger partial charge in [-0.15, -0.1) is 22.7 Å². The zero-order valence-electron chi connectivity index (χ0n) is 11.8. The number of nitriles is 1. The lowest BCUT2D eigenvalue weighted by Gasteiger charge is -2.16. The van der Waals surface area contributed by atoms with Gasteiger partial charge in [-0.1, -0.05) is 18.2 Å². The number of nitrogens with one attached hydrogen (secondary N) is 2. The second kappa shape index (κ2) is 8.11. The van der Waals surface area contributed by atoms with Gasteiger partial charge in [0.2, 0.25) is 0 Å². The monoisotopic (exact) mass is 352 g/mol. The van der Waals surface area contributed by atoms with Crippen LogP contribution in [0.5, 0.6) is 0 Å². The molecule has 0 radical (unpaired) electrons. The van der Waals surface area contributed by atoms with Crippen molar-refractivity contribution in [3.63, 3.8) is 0 Å². The maximum atomic E-state index is 12.2. The van der Waals surface area contributed by atoms with Crippen molar-refractivity contribution in [1.29, 1.82) is 5.26 Å². The number of quaternary nitrogens is 1. The predicted octanol–water partition coefficient (Wildman–Crippen LogP) is 2.54. The predicted molar refractivity (Wildman–Crippen MR) is 91.6 cm³/mol. The van der Waals surface area contributed by atoms with Crippen molar-refractivity contribution in [2.24, 2.45) is 0 Å². The number of amides is 1. The van der Waals surface area contributed by atoms with Crippen molar-refractivity contribution in [2.75, 3.05) is 18.4 Å². The minimum Gasteiger partial charge on any atom is -0.319 e. The smallest absolute Gasteiger partial charge is 0.280 e. The van der Waals surface area contributed by atoms with Crippen LogP contribution in [-0.2, 0) is 11.3 Å². The highest BCUT2D eigenvalue weighted by Gasteiger charge is 2.16. The summed E-state index contributed by atoms with van der Waals surface area (Å²) in [7, 11) is 0. The second-order valence-electron chi connectivity index (χ2n) is 4.63. The summed E-state index contributed by atoms with van der Waals surface area (Å²) in [6.07, 6.45) is 1.80. The van der Waals surface area contributed by atoms with Crippen LogP contribution >= 0.6 is 34.3 Å². The van der Waals surface area contributed by atoms with E-state index in [4.69, 9.17) is 16.9 Å². The highest BCUT2D eigenvalue weighted by molar-refractivity contribution is 7.16. The first-order valence-electron chi connectivity index (χ1n) is 6.58. The van der Waals surface area contributed by atoms with Crippen molar-refractivity contribution in [3.8, 4) is 6.07 Å². The van der Waals surface area contributed by atoms with Crippen molar-refractivity contribution < 1.29 is 9.69 Å². The first-order chi connectivity index (χ1) is 10.6. The van der Waals surface area contributed by atoms with E-state index in [0.717, 1.165) is 14.1 Å². The summed E-state index contributed by atoms with van der Waals surface area (Å²) in [5.41, 5.74) is 0.494. The van der Waals surface area contributed by atoms with Gasteiger partial charge in [-0.3, -0.25) is 4.79 Å². The third-order valence-corrected chi connectivity index (χ3v) is 5.00. The first kappa shape index (κ1) is 16.7. The maximum Gasteiger partial charge on any atom is 0.280 e. The maximum absolute atomic E-state index is 12.2. The lowest BCUT2D eigenvalue weighted by molar-refractivity contribution is -0.899. The number of anilines is 1. The fourth-order valence-electron chi connectivity index (χ4n) is 2.00. The van der Waals surface area contributed by atoms with Crippen molar-refractivity contribution in [3.05, 3.63) is 51.0 Å². The van der Waals surface area contributed by atoms with Gasteiger partial charge in [-0.25, -0.2) is 0 Å². The Morgan fingerprint density at radius 2 is 2.32 bits per heavy atom. The van der Waals surface area contributed by atoms with Gasteiger partial charge in [0.05, 0.1) is 21.3 Å². The summed E-state index contributed by atoms with van der Waals surface area (Å²) < 4.78 is 0.745. The third kappa shape index (κ3) is 4.68. The van der Waals surface area contributed by atoms with Gasteiger partial charge in [-0.2, -0.15) is 5.26 Å². The molecule has 0 saturated carbocycles. The molecule has 0 aliphatic heterocycles. The fourth-order valence-corrected chi connectivity index (χ4v) is 3.91. The Bertz CT molecular complexity index is 702. The Labute approximate surface area is 142 Å². The molecular weight excluding hydrogens is 338 g/mol. The number of hydrogen-bond acceptors (Lipinski definition) is 4. The molecule has 1 atom stereocenters. The van der Waals surface area contributed by atoms with E-state index < -0.39 is 0 Å². The lowest BCUT2D eigenvalue weighted by atomic mass is 10.3. The molecule has 2 heterocycles. The molecule has 114 valence electrons. The van der Waals surface area contributed by atoms with E-state index >= 15 is 0 Å². The van der Waals surface area contributed by atoms with Crippen LogP contribution in [0.25, 0.3) is 0 Å². The summed E-state index contributed by atoms with van der Waals surface area (Å²) in [5.74, 6) is -0.113. The molecule has 0 bridgehead atoms. The molecule has 2 rings (SSSR count). The summed E-state index contributed by atoms with van der Waals surface area (Å²) in [6.45, 7) is 5.45. The van der Waals surface area contributed by atoms with Crippen LogP contribution in [0.15, 0.2) is 36.2 Å². The average Bonchev–Trinajstić information content (AvgIpc) is 3.08. The third-order valence-electron chi connectivity index (χ3n) is 2.94. The van der Waals surface area contributed by atoms with E-state index in [2.05, 4.69) is 18.0 Å². The first-order valence-corrected chi connectivity index (χ1v) is 8.66. The highest BCUT2D eigenvalue weighted by atomic mass is 35.5. The summed E-state index contributed by atoms with van der Waals surface area (Å²) in [6, 6.07) is 7.59. The van der Waals surface area contributed by atoms with E-state index in [-0.39, 0.29) is 5.91 Å². The zero-order valence-corrected chi connectivity index (χ0v) is 14.2. The number of carbonyl (C=O) groups excluding carboxylic acids is 1. The van der Waals surface area contributed by atoms with Crippen LogP contribution in [0, 0.1) is 11.3 Å². The molecule has 0 spiro atoms. The summed E-state index contributed by atoms with van der Waals surface area (Å²) in [4.78, 5) is 14.4. The van der Waals surface area contributed by atoms with Crippen molar-refractivity contribution >= 4 is 45.2 Å². The lowest BCUT2D eigenvalue weighted by Crippen LogP contribution is -3.11. The normalized spacial score (nSPS) is 11.6. The Morgan fingerprint density at radius 1 is 1.50 bits per heavy atom. The molecule has 7 heteroatoms. The van der Waals surface area contributed by atoms with Gasteiger partial charge in [0.15, 0.2) is 6.54 Å². The number of thiophene rings is 2. The Hall–Kier alpha value is -1.65. The number of hydrogen-bond donors (Lipinski definition) is 2. The van der Waals surface area contributed by atoms with Gasteiger partial charge in [-0.05, 0) is 29.7 Å². The Balaban J connectivity index is 1.96. The van der Waals surface area contributed by atoms with E-state index in [1.54, 1.807) is 17.5 Å². The van der Waals surface area contributed by atoms with Crippen molar-refractivity contribution in [2.45, 2.75) is 6.54 Å². The molecule has 0 aliphatic rings. The van der Waals surface area contributed by atoms with E-state index in [1.165, 1.54) is 22.7 Å². The SMILES string of the molecule is C=CC[NH+](CC(=O)Nc1sccc1C#N)Cc1ccc(Cl)s1. The van der Waals surface area contributed by atoms with Crippen LogP contribution < -0.4 is 10.2 Å². The standard InChI is InChI=1S/C15H14ClN3OS2/c1-2-6-19(9-12-3-4-13(16)22-12)10-14(20)18-15-11(8-17)5-7-21-15/h2-5,7H,1,6,9-10H2,(H,18,20)/p+1. The molecule has 22 heavy (non-hydrogen) atoms. The van der Waals surface area contributed by atoms with Gasteiger partial charge >= 0.3 is 0 Å². The molecule has 0 aromatic carbocycles. The molecule has 2 aromatic heterocycles. The highest BCUT2D eigenvalue weighted by Crippen LogP contribution is 2.22. The summed E-state index contributed by atoms with van der Waals surface area (Å²) in [5, 5.41) is 14.1. The second-order valence-corrected chi connectivity index (χ2v) is 7.34. The van der Waals surface area contributed by atoms with Crippen LogP contribution in [0.2, 0.25) is 4.34 Å². The van der Waals surface area contributed by atoms with E-state index in [1.807, 2.05) is 12.1 Å². The molecule has 0 fully saturated rings. The molecule has 2 N–H and O–H groups in total. The molecule has 2 aromatic rings. The molecule has 4 nitrogen and oxygen atoms in total. The van der Waals surface area contributed by atoms with Gasteiger partial charge < -0.3 is 10.2 Å².